The van der Waals surface area contributed by atoms with Crippen LogP contribution >= 0.6 is 7.82 Å². The van der Waals surface area contributed by atoms with E-state index in [1.54, 1.807) is 27.7 Å². The van der Waals surface area contributed by atoms with Gasteiger partial charge < -0.3 is 24.9 Å². The Hall–Kier alpha value is -3.89. The van der Waals surface area contributed by atoms with Crippen molar-refractivity contribution in [2.24, 2.45) is 5.92 Å². The summed E-state index contributed by atoms with van der Waals surface area (Å²) in [6.07, 6.45) is 8.79. The highest BCUT2D eigenvalue weighted by Gasteiger charge is 2.36. The van der Waals surface area contributed by atoms with E-state index in [9.17, 15) is 49.1 Å². The fourth-order valence-electron chi connectivity index (χ4n) is 8.96. The van der Waals surface area contributed by atoms with Crippen LogP contribution in [0.15, 0.2) is 41.2 Å². The number of carbonyl (C=O) groups is 4. The van der Waals surface area contributed by atoms with E-state index in [1.807, 2.05) is 17.9 Å². The smallest absolute Gasteiger partial charge is 0.480 e. The van der Waals surface area contributed by atoms with Crippen LogP contribution in [-0.4, -0.2) is 153 Å². The zero-order chi connectivity index (χ0) is 44.1. The summed E-state index contributed by atoms with van der Waals surface area (Å²) in [6.45, 7) is 10.4. The number of benzene rings is 1. The summed E-state index contributed by atoms with van der Waals surface area (Å²) in [5.41, 5.74) is 7.19. The van der Waals surface area contributed by atoms with Crippen LogP contribution in [0.1, 0.15) is 87.5 Å². The molecule has 3 aliphatic rings. The Morgan fingerprint density at radius 1 is 0.767 bits per heavy atom. The summed E-state index contributed by atoms with van der Waals surface area (Å²) < 4.78 is 24.2. The topological polar surface area (TPSA) is 218 Å². The van der Waals surface area contributed by atoms with E-state index < -0.39 is 43.8 Å². The molecule has 0 spiro atoms. The van der Waals surface area contributed by atoms with Crippen LogP contribution in [0.4, 0.5) is 0 Å². The fourth-order valence-corrected chi connectivity index (χ4v) is 9.82. The molecule has 2 aliphatic carbocycles. The molecule has 0 aromatic heterocycles. The van der Waals surface area contributed by atoms with Gasteiger partial charge in [0.1, 0.15) is 17.8 Å². The van der Waals surface area contributed by atoms with Crippen molar-refractivity contribution in [3.63, 3.8) is 0 Å². The lowest BCUT2D eigenvalue weighted by molar-refractivity contribution is -0.147. The van der Waals surface area contributed by atoms with E-state index in [0.29, 0.717) is 12.0 Å². The minimum atomic E-state index is -4.64. The number of hydrogen-bond acceptors (Lipinski definition) is 11. The summed E-state index contributed by atoms with van der Waals surface area (Å²) in [5, 5.41) is 40.3. The molecule has 1 aromatic rings. The van der Waals surface area contributed by atoms with E-state index >= 15 is 0 Å². The van der Waals surface area contributed by atoms with Crippen LogP contribution in [0.5, 0.6) is 0 Å². The van der Waals surface area contributed by atoms with Crippen LogP contribution in [0, 0.1) is 26.7 Å². The normalized spacial score (nSPS) is 21.0. The van der Waals surface area contributed by atoms with Gasteiger partial charge in [0.2, 0.25) is 0 Å². The van der Waals surface area contributed by atoms with Crippen LogP contribution in [-0.2, 0) is 32.8 Å². The Balaban J connectivity index is 1.46. The molecule has 334 valence electrons. The van der Waals surface area contributed by atoms with E-state index in [4.69, 9.17) is 9.05 Å². The monoisotopic (exact) mass is 860 g/mol. The SMILES string of the molecule is CC1=CCC(c2c(C)cc(C)cc2C)=C(C)C=C1OP(=O)(O)OCCCC(C(=O)O)N1CCN(CC(=O)O)CCN(C(C(=O)O)C2CCCCC2)CCN(CC(=O)O)CC1. The van der Waals surface area contributed by atoms with Gasteiger partial charge in [-0.3, -0.25) is 48.2 Å². The maximum Gasteiger partial charge on any atom is 0.527 e. The van der Waals surface area contributed by atoms with Gasteiger partial charge in [0, 0.05) is 52.4 Å². The van der Waals surface area contributed by atoms with E-state index in [-0.39, 0.29) is 96.6 Å². The summed E-state index contributed by atoms with van der Waals surface area (Å²) in [4.78, 5) is 66.9. The second-order valence-electron chi connectivity index (χ2n) is 16.5. The van der Waals surface area contributed by atoms with Crippen molar-refractivity contribution in [1.82, 2.24) is 19.6 Å². The van der Waals surface area contributed by atoms with Gasteiger partial charge in [0.25, 0.3) is 0 Å². The average molecular weight is 861 g/mol. The summed E-state index contributed by atoms with van der Waals surface area (Å²) in [7, 11) is -4.64. The Morgan fingerprint density at radius 3 is 1.80 bits per heavy atom. The first-order valence-corrected chi connectivity index (χ1v) is 22.5. The molecule has 1 saturated heterocycles. The number of phosphoric acid groups is 1. The van der Waals surface area contributed by atoms with Crippen molar-refractivity contribution in [2.75, 3.05) is 72.1 Å². The third-order valence-corrected chi connectivity index (χ3v) is 12.8. The van der Waals surface area contributed by atoms with Crippen LogP contribution in [0.25, 0.3) is 5.57 Å². The summed E-state index contributed by atoms with van der Waals surface area (Å²) >= 11 is 0. The molecule has 1 heterocycles. The van der Waals surface area contributed by atoms with Crippen molar-refractivity contribution in [1.29, 1.82) is 0 Å². The number of carboxylic acids is 4. The summed E-state index contributed by atoms with van der Waals surface area (Å²) in [6, 6.07) is 2.35. The van der Waals surface area contributed by atoms with Crippen LogP contribution < -0.4 is 0 Å². The third-order valence-electron chi connectivity index (χ3n) is 11.9. The van der Waals surface area contributed by atoms with Crippen molar-refractivity contribution in [3.8, 4) is 0 Å². The first-order valence-electron chi connectivity index (χ1n) is 21.0. The lowest BCUT2D eigenvalue weighted by atomic mass is 9.83. The van der Waals surface area contributed by atoms with Crippen molar-refractivity contribution in [2.45, 2.75) is 98.1 Å². The number of aryl methyl sites for hydroxylation is 3. The van der Waals surface area contributed by atoms with Crippen LogP contribution in [0.2, 0.25) is 0 Å². The molecule has 16 nitrogen and oxygen atoms in total. The first-order chi connectivity index (χ1) is 28.3. The highest BCUT2D eigenvalue weighted by molar-refractivity contribution is 7.47. The van der Waals surface area contributed by atoms with E-state index in [1.165, 1.54) is 0 Å². The Bertz CT molecular complexity index is 1790. The number of phosphoric ester groups is 1. The lowest BCUT2D eigenvalue weighted by Gasteiger charge is -2.39. The quantitative estimate of drug-likeness (QED) is 0.0977. The molecule has 1 saturated carbocycles. The van der Waals surface area contributed by atoms with Crippen LogP contribution in [0.3, 0.4) is 0 Å². The maximum atomic E-state index is 13.2. The molecule has 0 amide bonds. The molecule has 2 fully saturated rings. The van der Waals surface area contributed by atoms with Gasteiger partial charge in [-0.25, -0.2) is 4.57 Å². The zero-order valence-corrected chi connectivity index (χ0v) is 36.7. The minimum absolute atomic E-state index is 0.00470. The maximum absolute atomic E-state index is 13.2. The van der Waals surface area contributed by atoms with Gasteiger partial charge in [-0.15, -0.1) is 0 Å². The molecule has 5 N–H and O–H groups in total. The van der Waals surface area contributed by atoms with Crippen molar-refractivity contribution >= 4 is 37.3 Å². The molecule has 4 rings (SSSR count). The lowest BCUT2D eigenvalue weighted by Crippen LogP contribution is -2.54. The largest absolute Gasteiger partial charge is 0.527 e. The Kier molecular flexibility index (Phi) is 18.5. The standard InChI is InChI=1S/C43H65N4O12P/c1-29-24-32(4)40(33(5)25-29)35-14-13-30(2)37(26-31(35)3)59-60(56,57)58-23-9-12-36(42(52)53)46-19-15-44(27-38(48)49)17-21-47(22-18-45(16-20-46)28-39(50)51)41(43(54)55)34-10-7-6-8-11-34/h13,24-26,34,36,41H,6-12,14-23,27-28H2,1-5H3,(H,48,49)(H,50,51)(H,52,53)(H,54,55)(H,56,57). The molecule has 60 heavy (non-hydrogen) atoms. The van der Waals surface area contributed by atoms with Crippen molar-refractivity contribution in [3.05, 3.63) is 63.4 Å². The van der Waals surface area contributed by atoms with Gasteiger partial charge in [-0.2, -0.15) is 0 Å². The van der Waals surface area contributed by atoms with E-state index in [2.05, 4.69) is 32.9 Å². The van der Waals surface area contributed by atoms with Gasteiger partial charge in [0.05, 0.1) is 19.7 Å². The second kappa shape index (κ2) is 22.8. The molecule has 3 unspecified atom stereocenters. The van der Waals surface area contributed by atoms with Gasteiger partial charge in [-0.1, -0.05) is 43.0 Å². The molecule has 17 heteroatoms. The van der Waals surface area contributed by atoms with Gasteiger partial charge >= 0.3 is 31.7 Å². The van der Waals surface area contributed by atoms with Crippen molar-refractivity contribution < 1.29 is 58.1 Å². The highest BCUT2D eigenvalue weighted by Crippen LogP contribution is 2.48. The Labute approximate surface area is 353 Å². The second-order valence-corrected chi connectivity index (χ2v) is 17.9. The van der Waals surface area contributed by atoms with Gasteiger partial charge in [-0.05, 0) is 112 Å². The number of allylic oxidation sites excluding steroid dienone is 5. The minimum Gasteiger partial charge on any atom is -0.480 e. The predicted octanol–water partition coefficient (Wildman–Crippen LogP) is 5.41. The van der Waals surface area contributed by atoms with Gasteiger partial charge in [0.15, 0.2) is 0 Å². The average Bonchev–Trinajstić information content (AvgIpc) is 3.27. The molecule has 0 radical (unpaired) electrons. The molecule has 0 bridgehead atoms. The first kappa shape index (κ1) is 48.8. The predicted molar refractivity (Wildman–Crippen MR) is 227 cm³/mol. The zero-order valence-electron chi connectivity index (χ0n) is 35.8. The number of rotatable bonds is 17. The summed E-state index contributed by atoms with van der Waals surface area (Å²) in [5.74, 6) is -4.15. The third kappa shape index (κ3) is 14.6. The molecular formula is C43H65N4O12P. The molecule has 3 atom stereocenters. The highest BCUT2D eigenvalue weighted by atomic mass is 31.2. The molecule has 1 aromatic carbocycles. The Morgan fingerprint density at radius 2 is 1.30 bits per heavy atom. The van der Waals surface area contributed by atoms with E-state index in [0.717, 1.165) is 65.5 Å². The fraction of sp³-hybridized carbons (Fsp3) is 0.628. The number of nitrogens with zero attached hydrogens (tertiary/aromatic N) is 4. The number of aliphatic carboxylic acids is 4. The number of hydrogen-bond donors (Lipinski definition) is 5. The number of carboxylic acid groups (broad SMARTS) is 4. The molecule has 1 aliphatic heterocycles. The molecular weight excluding hydrogens is 795 g/mol.